The van der Waals surface area contributed by atoms with Crippen LogP contribution in [0.3, 0.4) is 0 Å². The van der Waals surface area contributed by atoms with Crippen molar-refractivity contribution < 1.29 is 9.53 Å². The van der Waals surface area contributed by atoms with Crippen LogP contribution in [0.5, 0.6) is 0 Å². The maximum atomic E-state index is 11.3. The summed E-state index contributed by atoms with van der Waals surface area (Å²) in [6.45, 7) is 12.6. The van der Waals surface area contributed by atoms with Gasteiger partial charge in [0.15, 0.2) is 0 Å². The summed E-state index contributed by atoms with van der Waals surface area (Å²) in [4.78, 5) is 13.7. The Kier molecular flexibility index (Phi) is 9.24. The van der Waals surface area contributed by atoms with E-state index in [1.807, 2.05) is 13.8 Å². The fourth-order valence-corrected chi connectivity index (χ4v) is 1.51. The first kappa shape index (κ1) is 15.4. The number of nitrogens with one attached hydrogen (secondary N) is 1. The minimum Gasteiger partial charge on any atom is -0.465 e. The molecule has 0 amide bonds. The van der Waals surface area contributed by atoms with Gasteiger partial charge in [0.25, 0.3) is 0 Å². The van der Waals surface area contributed by atoms with Crippen molar-refractivity contribution in [2.45, 2.75) is 40.2 Å². The monoisotopic (exact) mass is 230 g/mol. The Hall–Kier alpha value is -0.610. The Labute approximate surface area is 99.3 Å². The van der Waals surface area contributed by atoms with E-state index in [9.17, 15) is 4.79 Å². The van der Waals surface area contributed by atoms with Gasteiger partial charge in [0.05, 0.1) is 6.61 Å². The molecule has 0 aliphatic rings. The Morgan fingerprint density at radius 3 is 2.44 bits per heavy atom. The molecule has 1 unspecified atom stereocenters. The number of carbonyl (C=O) groups is 1. The van der Waals surface area contributed by atoms with Gasteiger partial charge in [-0.2, -0.15) is 0 Å². The Bertz CT molecular complexity index is 182. The molecule has 1 N–H and O–H groups in total. The summed E-state index contributed by atoms with van der Waals surface area (Å²) >= 11 is 0. The standard InChI is InChI=1S/C12H26N2O2/c1-5-14(6-2)10-8-9-13-11(4)12(15)16-7-3/h11,13H,5-10H2,1-4H3. The van der Waals surface area contributed by atoms with Crippen molar-refractivity contribution in [2.24, 2.45) is 0 Å². The van der Waals surface area contributed by atoms with Crippen molar-refractivity contribution >= 4 is 5.97 Å². The quantitative estimate of drug-likeness (QED) is 0.478. The predicted molar refractivity (Wildman–Crippen MR) is 66.5 cm³/mol. The highest BCUT2D eigenvalue weighted by atomic mass is 16.5. The second kappa shape index (κ2) is 9.60. The first-order chi connectivity index (χ1) is 7.65. The fourth-order valence-electron chi connectivity index (χ4n) is 1.51. The summed E-state index contributed by atoms with van der Waals surface area (Å²) in [6, 6.07) is -0.198. The van der Waals surface area contributed by atoms with E-state index in [0.29, 0.717) is 6.61 Å². The summed E-state index contributed by atoms with van der Waals surface area (Å²) in [5, 5.41) is 3.17. The highest BCUT2D eigenvalue weighted by molar-refractivity contribution is 5.75. The minimum atomic E-state index is -0.198. The molecule has 0 aromatic carbocycles. The highest BCUT2D eigenvalue weighted by Crippen LogP contribution is 1.92. The van der Waals surface area contributed by atoms with Crippen LogP contribution in [0.1, 0.15) is 34.1 Å². The molecule has 0 aromatic heterocycles. The average Bonchev–Trinajstić information content (AvgIpc) is 2.29. The number of rotatable bonds is 9. The Morgan fingerprint density at radius 2 is 1.94 bits per heavy atom. The van der Waals surface area contributed by atoms with Crippen LogP contribution >= 0.6 is 0 Å². The molecule has 4 nitrogen and oxygen atoms in total. The van der Waals surface area contributed by atoms with Gasteiger partial charge in [0.1, 0.15) is 6.04 Å². The maximum Gasteiger partial charge on any atom is 0.322 e. The smallest absolute Gasteiger partial charge is 0.322 e. The zero-order valence-corrected chi connectivity index (χ0v) is 11.1. The van der Waals surface area contributed by atoms with E-state index in [4.69, 9.17) is 4.74 Å². The van der Waals surface area contributed by atoms with Gasteiger partial charge in [-0.25, -0.2) is 0 Å². The van der Waals surface area contributed by atoms with Gasteiger partial charge in [-0.15, -0.1) is 0 Å². The molecule has 0 saturated carbocycles. The second-order valence-electron chi connectivity index (χ2n) is 3.81. The largest absolute Gasteiger partial charge is 0.465 e. The molecule has 4 heteroatoms. The first-order valence-electron chi connectivity index (χ1n) is 6.28. The van der Waals surface area contributed by atoms with E-state index in [-0.39, 0.29) is 12.0 Å². The number of hydrogen-bond acceptors (Lipinski definition) is 4. The van der Waals surface area contributed by atoms with Crippen LogP contribution in [0.15, 0.2) is 0 Å². The van der Waals surface area contributed by atoms with Crippen molar-refractivity contribution in [3.63, 3.8) is 0 Å². The zero-order chi connectivity index (χ0) is 12.4. The summed E-state index contributed by atoms with van der Waals surface area (Å²) in [7, 11) is 0. The van der Waals surface area contributed by atoms with Crippen LogP contribution in [0, 0.1) is 0 Å². The zero-order valence-electron chi connectivity index (χ0n) is 11.1. The molecule has 0 bridgehead atoms. The number of carbonyl (C=O) groups excluding carboxylic acids is 1. The molecule has 16 heavy (non-hydrogen) atoms. The van der Waals surface area contributed by atoms with Gasteiger partial charge >= 0.3 is 5.97 Å². The van der Waals surface area contributed by atoms with Gasteiger partial charge in [-0.3, -0.25) is 4.79 Å². The van der Waals surface area contributed by atoms with Gasteiger partial charge in [0, 0.05) is 0 Å². The van der Waals surface area contributed by atoms with E-state index in [0.717, 1.165) is 32.6 Å². The molecule has 0 rings (SSSR count). The van der Waals surface area contributed by atoms with E-state index in [1.54, 1.807) is 0 Å². The Balaban J connectivity index is 3.54. The molecule has 0 aromatic rings. The van der Waals surface area contributed by atoms with Gasteiger partial charge in [0.2, 0.25) is 0 Å². The fraction of sp³-hybridized carbons (Fsp3) is 0.917. The van der Waals surface area contributed by atoms with Crippen LogP contribution in [-0.4, -0.2) is 49.7 Å². The van der Waals surface area contributed by atoms with E-state index >= 15 is 0 Å². The lowest BCUT2D eigenvalue weighted by Gasteiger charge is -2.18. The van der Waals surface area contributed by atoms with E-state index in [1.165, 1.54) is 0 Å². The SMILES string of the molecule is CCOC(=O)C(C)NCCCN(CC)CC. The highest BCUT2D eigenvalue weighted by Gasteiger charge is 2.12. The molecule has 0 radical (unpaired) electrons. The van der Waals surface area contributed by atoms with E-state index < -0.39 is 0 Å². The average molecular weight is 230 g/mol. The first-order valence-corrected chi connectivity index (χ1v) is 6.28. The summed E-state index contributed by atoms with van der Waals surface area (Å²) in [5.41, 5.74) is 0. The van der Waals surface area contributed by atoms with Crippen molar-refractivity contribution in [3.8, 4) is 0 Å². The molecule has 0 heterocycles. The van der Waals surface area contributed by atoms with Crippen molar-refractivity contribution in [3.05, 3.63) is 0 Å². The second-order valence-corrected chi connectivity index (χ2v) is 3.81. The third-order valence-electron chi connectivity index (χ3n) is 2.64. The minimum absolute atomic E-state index is 0.162. The number of esters is 1. The summed E-state index contributed by atoms with van der Waals surface area (Å²) in [5.74, 6) is -0.162. The summed E-state index contributed by atoms with van der Waals surface area (Å²) in [6.07, 6.45) is 1.06. The molecule has 96 valence electrons. The van der Waals surface area contributed by atoms with Crippen LogP contribution in [-0.2, 0) is 9.53 Å². The summed E-state index contributed by atoms with van der Waals surface area (Å²) < 4.78 is 4.91. The molecular formula is C12H26N2O2. The van der Waals surface area contributed by atoms with Gasteiger partial charge < -0.3 is 15.0 Å². The lowest BCUT2D eigenvalue weighted by atomic mass is 10.3. The molecule has 0 saturated heterocycles. The number of nitrogens with zero attached hydrogens (tertiary/aromatic N) is 1. The lowest BCUT2D eigenvalue weighted by Crippen LogP contribution is -2.37. The number of ether oxygens (including phenoxy) is 1. The van der Waals surface area contributed by atoms with Gasteiger partial charge in [-0.1, -0.05) is 13.8 Å². The lowest BCUT2D eigenvalue weighted by molar-refractivity contribution is -0.145. The molecule has 0 aliphatic carbocycles. The Morgan fingerprint density at radius 1 is 1.31 bits per heavy atom. The molecule has 1 atom stereocenters. The van der Waals surface area contributed by atoms with Crippen LogP contribution < -0.4 is 5.32 Å². The predicted octanol–water partition coefficient (Wildman–Crippen LogP) is 1.26. The van der Waals surface area contributed by atoms with Crippen molar-refractivity contribution in [2.75, 3.05) is 32.8 Å². The molecule has 0 fully saturated rings. The van der Waals surface area contributed by atoms with Gasteiger partial charge in [-0.05, 0) is 46.4 Å². The normalized spacial score (nSPS) is 12.8. The maximum absolute atomic E-state index is 11.3. The van der Waals surface area contributed by atoms with Crippen LogP contribution in [0.4, 0.5) is 0 Å². The van der Waals surface area contributed by atoms with Crippen LogP contribution in [0.2, 0.25) is 0 Å². The number of hydrogen-bond donors (Lipinski definition) is 1. The van der Waals surface area contributed by atoms with Crippen molar-refractivity contribution in [1.82, 2.24) is 10.2 Å². The topological polar surface area (TPSA) is 41.6 Å². The molecule has 0 spiro atoms. The van der Waals surface area contributed by atoms with E-state index in [2.05, 4.69) is 24.1 Å². The molecule has 0 aliphatic heterocycles. The third kappa shape index (κ3) is 6.80. The van der Waals surface area contributed by atoms with Crippen molar-refractivity contribution in [1.29, 1.82) is 0 Å². The van der Waals surface area contributed by atoms with Crippen LogP contribution in [0.25, 0.3) is 0 Å². The third-order valence-corrected chi connectivity index (χ3v) is 2.64. The molecular weight excluding hydrogens is 204 g/mol.